The van der Waals surface area contributed by atoms with Gasteiger partial charge in [-0.25, -0.2) is 4.61 Å². The fraction of sp³-hybridized carbons (Fsp3) is 0. The van der Waals surface area contributed by atoms with Crippen LogP contribution in [0.2, 0.25) is 0 Å². The highest BCUT2D eigenvalue weighted by Gasteiger charge is 2.34. The summed E-state index contributed by atoms with van der Waals surface area (Å²) in [5.74, 6) is 0. The minimum absolute atomic E-state index is 0.998. The Morgan fingerprint density at radius 3 is 1.55 bits per heavy atom. The molecule has 1 aliphatic heterocycles. The van der Waals surface area contributed by atoms with Crippen LogP contribution in [0.15, 0.2) is 93.5 Å². The van der Waals surface area contributed by atoms with Crippen LogP contribution in [0.1, 0.15) is 0 Å². The lowest BCUT2D eigenvalue weighted by Crippen LogP contribution is -1.86. The first-order valence-electron chi connectivity index (χ1n) is 6.61. The zero-order valence-corrected chi connectivity index (χ0v) is 11.7. The predicted octanol–water partition coefficient (Wildman–Crippen LogP) is 5.43. The molecule has 4 rings (SSSR count). The fourth-order valence-electron chi connectivity index (χ4n) is 2.88. The number of nitrogens with zero attached hydrogens (tertiary/aromatic N) is 1. The first kappa shape index (κ1) is 11.5. The molecule has 0 unspecified atom stereocenters. The largest absolute Gasteiger partial charge is 0.216 e. The topological polar surface area (TPSA) is 23.8 Å². The molecule has 0 bridgehead atoms. The molecule has 0 saturated carbocycles. The van der Waals surface area contributed by atoms with Gasteiger partial charge in [0.05, 0.1) is 0 Å². The van der Waals surface area contributed by atoms with E-state index in [0.29, 0.717) is 0 Å². The Kier molecular flexibility index (Phi) is 2.37. The van der Waals surface area contributed by atoms with Crippen molar-refractivity contribution < 1.29 is 0 Å². The summed E-state index contributed by atoms with van der Waals surface area (Å²) in [5.41, 5.74) is 2.31. The van der Waals surface area contributed by atoms with Crippen molar-refractivity contribution >= 4 is 9.66 Å². The van der Waals surface area contributed by atoms with E-state index < -0.39 is 9.66 Å². The van der Waals surface area contributed by atoms with Crippen LogP contribution < -0.4 is 0 Å². The Hall–Kier alpha value is -2.28. The van der Waals surface area contributed by atoms with Crippen molar-refractivity contribution in [1.29, 1.82) is 4.61 Å². The molecule has 1 aliphatic rings. The Morgan fingerprint density at radius 2 is 1.00 bits per heavy atom. The highest BCUT2D eigenvalue weighted by molar-refractivity contribution is 8.22. The van der Waals surface area contributed by atoms with Crippen molar-refractivity contribution in [3.63, 3.8) is 0 Å². The number of rotatable bonds is 0. The molecule has 0 aromatic heterocycles. The summed E-state index contributed by atoms with van der Waals surface area (Å²) >= 11 is 0. The minimum atomic E-state index is -2.10. The molecular weight excluding hydrogens is 262 g/mol. The van der Waals surface area contributed by atoms with Gasteiger partial charge in [-0.3, -0.25) is 0 Å². The van der Waals surface area contributed by atoms with Gasteiger partial charge in [-0.1, -0.05) is 54.6 Å². The molecule has 20 heavy (non-hydrogen) atoms. The molecule has 0 amide bonds. The van der Waals surface area contributed by atoms with Crippen molar-refractivity contribution in [2.45, 2.75) is 14.7 Å². The van der Waals surface area contributed by atoms with Gasteiger partial charge in [-0.15, -0.1) is 0 Å². The smallest absolute Gasteiger partial charge is 0.0388 e. The van der Waals surface area contributed by atoms with Crippen LogP contribution in [-0.4, -0.2) is 0 Å². The molecule has 0 saturated heterocycles. The highest BCUT2D eigenvalue weighted by atomic mass is 32.2. The lowest BCUT2D eigenvalue weighted by Gasteiger charge is -2.16. The van der Waals surface area contributed by atoms with E-state index in [1.165, 1.54) is 0 Å². The molecular formula is C18H13NS. The quantitative estimate of drug-likeness (QED) is 0.420. The summed E-state index contributed by atoms with van der Waals surface area (Å²) in [6, 6.07) is 26.4. The summed E-state index contributed by atoms with van der Waals surface area (Å²) in [6.07, 6.45) is 0. The Balaban J connectivity index is 2.14. The first-order valence-corrected chi connectivity index (χ1v) is 8.20. The molecule has 0 atom stereocenters. The molecule has 96 valence electrons. The molecule has 0 N–H and O–H groups in total. The van der Waals surface area contributed by atoms with Gasteiger partial charge in [0.25, 0.3) is 0 Å². The minimum Gasteiger partial charge on any atom is -0.216 e. The van der Waals surface area contributed by atoms with Crippen LogP contribution in [0.25, 0.3) is 11.1 Å². The zero-order valence-electron chi connectivity index (χ0n) is 10.9. The van der Waals surface area contributed by atoms with Gasteiger partial charge in [-0.2, -0.15) is 0 Å². The van der Waals surface area contributed by atoms with Crippen molar-refractivity contribution in [1.82, 2.24) is 0 Å². The fourth-order valence-corrected chi connectivity index (χ4v) is 5.72. The van der Waals surface area contributed by atoms with E-state index in [4.69, 9.17) is 0 Å². The lowest BCUT2D eigenvalue weighted by molar-refractivity contribution is 1.35. The van der Waals surface area contributed by atoms with Crippen LogP contribution in [0.3, 0.4) is 0 Å². The average Bonchev–Trinajstić information content (AvgIpc) is 2.80. The van der Waals surface area contributed by atoms with Crippen LogP contribution in [0, 0.1) is 4.61 Å². The van der Waals surface area contributed by atoms with E-state index >= 15 is 0 Å². The van der Waals surface area contributed by atoms with Crippen molar-refractivity contribution in [2.24, 2.45) is 0 Å². The maximum absolute atomic E-state index is 11.6. The van der Waals surface area contributed by atoms with Gasteiger partial charge < -0.3 is 0 Å². The summed E-state index contributed by atoms with van der Waals surface area (Å²) in [4.78, 5) is 3.09. The molecule has 1 heterocycles. The lowest BCUT2D eigenvalue weighted by atomic mass is 10.1. The Morgan fingerprint density at radius 1 is 0.550 bits per heavy atom. The molecule has 0 fully saturated rings. The SMILES string of the molecule is N#S1(c2ccccc2)c2ccccc2-c2ccccc21. The van der Waals surface area contributed by atoms with Crippen LogP contribution in [0.5, 0.6) is 0 Å². The van der Waals surface area contributed by atoms with E-state index in [1.54, 1.807) is 0 Å². The average molecular weight is 275 g/mol. The summed E-state index contributed by atoms with van der Waals surface area (Å²) in [7, 11) is -2.10. The van der Waals surface area contributed by atoms with Gasteiger partial charge in [0, 0.05) is 24.3 Å². The maximum atomic E-state index is 11.6. The summed E-state index contributed by atoms with van der Waals surface area (Å²) < 4.78 is 11.6. The van der Waals surface area contributed by atoms with Crippen LogP contribution >= 0.6 is 9.66 Å². The maximum Gasteiger partial charge on any atom is 0.0388 e. The molecule has 3 aromatic carbocycles. The monoisotopic (exact) mass is 275 g/mol. The molecule has 2 heteroatoms. The van der Waals surface area contributed by atoms with Crippen molar-refractivity contribution in [3.05, 3.63) is 78.9 Å². The standard InChI is InChI=1S/C18H13NS/c19-20(14-8-2-1-3-9-14)17-12-6-4-10-15(17)16-11-5-7-13-18(16)20/h1-13H. The predicted molar refractivity (Wildman–Crippen MR) is 82.4 cm³/mol. The van der Waals surface area contributed by atoms with Crippen molar-refractivity contribution in [2.75, 3.05) is 0 Å². The van der Waals surface area contributed by atoms with Gasteiger partial charge >= 0.3 is 0 Å². The molecule has 0 radical (unpaired) electrons. The van der Waals surface area contributed by atoms with Crippen LogP contribution in [0.4, 0.5) is 0 Å². The summed E-state index contributed by atoms with van der Waals surface area (Å²) in [5, 5.41) is 0. The van der Waals surface area contributed by atoms with E-state index in [2.05, 4.69) is 24.3 Å². The first-order chi connectivity index (χ1) is 9.82. The second kappa shape index (κ2) is 4.11. The van der Waals surface area contributed by atoms with Gasteiger partial charge in [0.15, 0.2) is 0 Å². The third kappa shape index (κ3) is 1.38. The molecule has 1 nitrogen and oxygen atoms in total. The number of benzene rings is 3. The third-order valence-electron chi connectivity index (χ3n) is 3.79. The second-order valence-electron chi connectivity index (χ2n) is 4.89. The van der Waals surface area contributed by atoms with Gasteiger partial charge in [-0.05, 0) is 35.4 Å². The van der Waals surface area contributed by atoms with Gasteiger partial charge in [0.1, 0.15) is 0 Å². The third-order valence-corrected chi connectivity index (χ3v) is 6.72. The highest BCUT2D eigenvalue weighted by Crippen LogP contribution is 2.65. The molecule has 3 aromatic rings. The molecule has 0 spiro atoms. The van der Waals surface area contributed by atoms with E-state index in [-0.39, 0.29) is 0 Å². The summed E-state index contributed by atoms with van der Waals surface area (Å²) in [6.45, 7) is 0. The number of hydrogen-bond acceptors (Lipinski definition) is 1. The Labute approximate surface area is 119 Å². The normalized spacial score (nSPS) is 14.6. The van der Waals surface area contributed by atoms with Crippen molar-refractivity contribution in [3.8, 4) is 11.1 Å². The number of hydrogen-bond donors (Lipinski definition) is 0. The van der Waals surface area contributed by atoms with E-state index in [1.807, 2.05) is 54.6 Å². The van der Waals surface area contributed by atoms with Crippen LogP contribution in [-0.2, 0) is 0 Å². The zero-order chi connectivity index (χ0) is 13.6. The van der Waals surface area contributed by atoms with Gasteiger partial charge in [0.2, 0.25) is 0 Å². The molecule has 0 aliphatic carbocycles. The van der Waals surface area contributed by atoms with E-state index in [0.717, 1.165) is 25.8 Å². The number of fused-ring (bicyclic) bond motifs is 3. The second-order valence-corrected chi connectivity index (χ2v) is 7.40. The van der Waals surface area contributed by atoms with E-state index in [9.17, 15) is 4.61 Å². The Bertz CT molecular complexity index is 849.